The van der Waals surface area contributed by atoms with Crippen LogP contribution >= 0.6 is 7.82 Å². The lowest BCUT2D eigenvalue weighted by molar-refractivity contribution is -0.161. The summed E-state index contributed by atoms with van der Waals surface area (Å²) in [5.74, 6) is -1.57. The minimum atomic E-state index is -4.78. The van der Waals surface area contributed by atoms with Gasteiger partial charge >= 0.3 is 25.7 Å². The molecule has 0 fully saturated rings. The maximum Gasteiger partial charge on any atom is 0.472 e. The molecule has 0 bridgehead atoms. The minimum absolute atomic E-state index is 0.123. The van der Waals surface area contributed by atoms with Gasteiger partial charge in [0.15, 0.2) is 6.10 Å². The Morgan fingerprint density at radius 1 is 0.392 bits per heavy atom. The summed E-state index contributed by atoms with van der Waals surface area (Å²) in [6.45, 7) is 4.28. The molecule has 0 aromatic carbocycles. The van der Waals surface area contributed by atoms with E-state index in [2.05, 4.69) is 142 Å². The zero-order chi connectivity index (χ0) is 54.1. The van der Waals surface area contributed by atoms with Gasteiger partial charge in [-0.05, 0) is 128 Å². The summed E-state index contributed by atoms with van der Waals surface area (Å²) in [6, 6.07) is 0. The maximum atomic E-state index is 12.9. The van der Waals surface area contributed by atoms with Crippen LogP contribution in [0.1, 0.15) is 213 Å². The lowest BCUT2D eigenvalue weighted by Gasteiger charge is -2.21. The number of hydrogen-bond donors (Lipinski definition) is 2. The average molecular weight is 1050 g/mol. The number of hydrogen-bond acceptors (Lipinski definition) is 10. The van der Waals surface area contributed by atoms with Crippen molar-refractivity contribution >= 4 is 25.7 Å². The van der Waals surface area contributed by atoms with E-state index in [9.17, 15) is 28.9 Å². The van der Waals surface area contributed by atoms with Crippen molar-refractivity contribution in [1.29, 1.82) is 0 Å². The van der Waals surface area contributed by atoms with E-state index in [4.69, 9.17) is 23.3 Å². The van der Waals surface area contributed by atoms with Crippen molar-refractivity contribution < 1.29 is 52.2 Å². The summed E-state index contributed by atoms with van der Waals surface area (Å²) in [6.07, 6.45) is 67.3. The second-order valence-electron chi connectivity index (χ2n) is 18.3. The molecule has 0 aliphatic rings. The first kappa shape index (κ1) is 69.9. The Kier molecular flexibility index (Phi) is 52.1. The first-order valence-corrected chi connectivity index (χ1v) is 29.9. The molecule has 3 atom stereocenters. The van der Waals surface area contributed by atoms with E-state index in [1.165, 1.54) is 19.3 Å². The SMILES string of the molecule is CC/C=C\C/C=C\C/C=C\C/C=C\CCCCCCC(=O)OC(COC(=O)CCCC/C=C\C/C=C\C/C=C\C/C=C\CC)COP(=O)(O)OCC(CO)OC(=O)CCCCCCC/C=C\C/C=C\CCCCC. The van der Waals surface area contributed by atoms with Gasteiger partial charge in [0.1, 0.15) is 12.7 Å². The van der Waals surface area contributed by atoms with E-state index < -0.39 is 57.8 Å². The fourth-order valence-electron chi connectivity index (χ4n) is 7.07. The Balaban J connectivity index is 4.85. The Bertz CT molecular complexity index is 1700. The third-order valence-electron chi connectivity index (χ3n) is 11.3. The van der Waals surface area contributed by atoms with E-state index in [1.54, 1.807) is 0 Å². The quantitative estimate of drug-likeness (QED) is 0.0197. The van der Waals surface area contributed by atoms with Crippen molar-refractivity contribution in [3.05, 3.63) is 122 Å². The zero-order valence-corrected chi connectivity index (χ0v) is 47.2. The largest absolute Gasteiger partial charge is 0.472 e. The normalized spacial score (nSPS) is 14.3. The number of aliphatic hydroxyl groups is 1. The molecular formula is C62H101O11P. The second kappa shape index (κ2) is 55.1. The lowest BCUT2D eigenvalue weighted by atomic mass is 10.1. The van der Waals surface area contributed by atoms with Gasteiger partial charge in [-0.3, -0.25) is 23.4 Å². The van der Waals surface area contributed by atoms with Gasteiger partial charge in [0.25, 0.3) is 0 Å². The Hall–Kier alpha value is -4.12. The summed E-state index contributed by atoms with van der Waals surface area (Å²) in [7, 11) is -4.78. The molecule has 2 N–H and O–H groups in total. The fraction of sp³-hybridized carbons (Fsp3) is 0.629. The molecule has 12 heteroatoms. The molecule has 0 aromatic heterocycles. The molecule has 0 rings (SSSR count). The van der Waals surface area contributed by atoms with Crippen LogP contribution in [-0.2, 0) is 42.2 Å². The van der Waals surface area contributed by atoms with Crippen molar-refractivity contribution in [2.75, 3.05) is 26.4 Å². The summed E-state index contributed by atoms with van der Waals surface area (Å²) in [5, 5.41) is 9.81. The monoisotopic (exact) mass is 1050 g/mol. The van der Waals surface area contributed by atoms with Gasteiger partial charge < -0.3 is 24.2 Å². The standard InChI is InChI=1S/C62H101O11P/c1-4-7-10-13-16-19-22-25-28-29-32-35-38-41-44-47-50-53-62(66)73-59(55-69-60(64)51-48-45-42-39-36-33-30-26-23-20-17-14-11-8-5-2)57-71-74(67,68)70-56-58(54-63)72-61(65)52-49-46-43-40-37-34-31-27-24-21-18-15-12-9-6-3/h7-8,10-11,16-21,25-28,30-32,35-36,39,58-59,63H,4-6,9,12-15,22-24,29,33-34,37-38,40-57H2,1-3H3,(H,67,68)/b10-7-,11-8-,19-16-,20-17-,21-18-,28-25-,30-26-,31-27-,35-32-,39-36-. The average Bonchev–Trinajstić information content (AvgIpc) is 3.39. The van der Waals surface area contributed by atoms with Gasteiger partial charge in [-0.15, -0.1) is 0 Å². The molecule has 0 amide bonds. The van der Waals surface area contributed by atoms with Crippen LogP contribution in [0, 0.1) is 0 Å². The van der Waals surface area contributed by atoms with Gasteiger partial charge in [0, 0.05) is 19.3 Å². The molecule has 420 valence electrons. The molecule has 11 nitrogen and oxygen atoms in total. The summed E-state index contributed by atoms with van der Waals surface area (Å²) >= 11 is 0. The topological polar surface area (TPSA) is 155 Å². The lowest BCUT2D eigenvalue weighted by Crippen LogP contribution is -2.30. The fourth-order valence-corrected chi connectivity index (χ4v) is 7.86. The number of ether oxygens (including phenoxy) is 3. The molecule has 0 saturated heterocycles. The number of carbonyl (C=O) groups excluding carboxylic acids is 3. The van der Waals surface area contributed by atoms with Crippen molar-refractivity contribution in [2.24, 2.45) is 0 Å². The van der Waals surface area contributed by atoms with Crippen LogP contribution in [-0.4, -0.2) is 66.5 Å². The highest BCUT2D eigenvalue weighted by Gasteiger charge is 2.28. The Labute approximate surface area is 449 Å². The van der Waals surface area contributed by atoms with Gasteiger partial charge in [0.05, 0.1) is 19.8 Å². The van der Waals surface area contributed by atoms with Crippen molar-refractivity contribution in [1.82, 2.24) is 0 Å². The van der Waals surface area contributed by atoms with Crippen molar-refractivity contribution in [3.63, 3.8) is 0 Å². The number of allylic oxidation sites excluding steroid dienone is 20. The summed E-state index contributed by atoms with van der Waals surface area (Å²) in [5.41, 5.74) is 0. The molecule has 0 aliphatic heterocycles. The van der Waals surface area contributed by atoms with Crippen LogP contribution in [0.15, 0.2) is 122 Å². The smallest absolute Gasteiger partial charge is 0.462 e. The number of phosphoric acid groups is 1. The second-order valence-corrected chi connectivity index (χ2v) is 19.8. The van der Waals surface area contributed by atoms with Gasteiger partial charge in [0.2, 0.25) is 0 Å². The van der Waals surface area contributed by atoms with Crippen molar-refractivity contribution in [2.45, 2.75) is 226 Å². The highest BCUT2D eigenvalue weighted by molar-refractivity contribution is 7.47. The zero-order valence-electron chi connectivity index (χ0n) is 46.3. The molecule has 74 heavy (non-hydrogen) atoms. The van der Waals surface area contributed by atoms with E-state index in [0.29, 0.717) is 19.3 Å². The molecule has 0 spiro atoms. The third-order valence-corrected chi connectivity index (χ3v) is 12.3. The molecule has 0 radical (unpaired) electrons. The van der Waals surface area contributed by atoms with Crippen LogP contribution < -0.4 is 0 Å². The van der Waals surface area contributed by atoms with E-state index >= 15 is 0 Å². The number of esters is 3. The number of phosphoric ester groups is 1. The third kappa shape index (κ3) is 52.7. The van der Waals surface area contributed by atoms with Crippen LogP contribution in [0.4, 0.5) is 0 Å². The van der Waals surface area contributed by atoms with Crippen molar-refractivity contribution in [3.8, 4) is 0 Å². The van der Waals surface area contributed by atoms with E-state index in [0.717, 1.165) is 135 Å². The van der Waals surface area contributed by atoms with Crippen LogP contribution in [0.3, 0.4) is 0 Å². The van der Waals surface area contributed by atoms with E-state index in [1.807, 2.05) is 0 Å². The van der Waals surface area contributed by atoms with Crippen LogP contribution in [0.25, 0.3) is 0 Å². The van der Waals surface area contributed by atoms with E-state index in [-0.39, 0.29) is 25.9 Å². The molecule has 0 heterocycles. The highest BCUT2D eigenvalue weighted by Crippen LogP contribution is 2.43. The minimum Gasteiger partial charge on any atom is -0.462 e. The molecule has 0 aliphatic carbocycles. The molecule has 0 saturated carbocycles. The summed E-state index contributed by atoms with van der Waals surface area (Å²) < 4.78 is 39.4. The number of unbranched alkanes of at least 4 members (excludes halogenated alkanes) is 14. The van der Waals surface area contributed by atoms with Gasteiger partial charge in [-0.2, -0.15) is 0 Å². The Morgan fingerprint density at radius 2 is 0.703 bits per heavy atom. The first-order chi connectivity index (χ1) is 36.2. The highest BCUT2D eigenvalue weighted by atomic mass is 31.2. The number of rotatable bonds is 51. The first-order valence-electron chi connectivity index (χ1n) is 28.4. The van der Waals surface area contributed by atoms with Gasteiger partial charge in [-0.25, -0.2) is 4.57 Å². The number of carbonyl (C=O) groups is 3. The summed E-state index contributed by atoms with van der Waals surface area (Å²) in [4.78, 5) is 48.5. The molecule has 0 aromatic rings. The van der Waals surface area contributed by atoms with Crippen LogP contribution in [0.5, 0.6) is 0 Å². The van der Waals surface area contributed by atoms with Crippen LogP contribution in [0.2, 0.25) is 0 Å². The number of aliphatic hydroxyl groups excluding tert-OH is 1. The maximum absolute atomic E-state index is 12.9. The predicted molar refractivity (Wildman–Crippen MR) is 306 cm³/mol. The Morgan fingerprint density at radius 3 is 1.11 bits per heavy atom. The molecule has 3 unspecified atom stereocenters. The van der Waals surface area contributed by atoms with Gasteiger partial charge in [-0.1, -0.05) is 187 Å². The molecular weight excluding hydrogens is 952 g/mol. The predicted octanol–water partition coefficient (Wildman–Crippen LogP) is 16.8.